The number of nitrogens with one attached hydrogen (secondary N) is 1. The van der Waals surface area contributed by atoms with Crippen LogP contribution in [-0.2, 0) is 17.8 Å². The molecule has 0 aliphatic carbocycles. The molecule has 3 rings (SSSR count). The summed E-state index contributed by atoms with van der Waals surface area (Å²) in [5.41, 5.74) is 2.65. The maximum Gasteiger partial charge on any atom is 0.240 e. The number of carbonyl (C=O) groups is 1. The second kappa shape index (κ2) is 5.80. The van der Waals surface area contributed by atoms with Gasteiger partial charge in [0.05, 0.1) is 6.04 Å². The second-order valence-corrected chi connectivity index (χ2v) is 6.96. The topological polar surface area (TPSA) is 32.3 Å². The first-order valence-corrected chi connectivity index (χ1v) is 8.17. The maximum atomic E-state index is 12.9. The van der Waals surface area contributed by atoms with E-state index in [1.165, 1.54) is 17.5 Å². The molecule has 4 atom stereocenters. The molecular weight excluding hydrogens is 260 g/mol. The van der Waals surface area contributed by atoms with Crippen LogP contribution in [0.5, 0.6) is 0 Å². The lowest BCUT2D eigenvalue weighted by molar-refractivity contribution is -0.139. The van der Waals surface area contributed by atoms with Crippen LogP contribution in [0.25, 0.3) is 0 Å². The maximum absolute atomic E-state index is 12.9. The van der Waals surface area contributed by atoms with Gasteiger partial charge in [-0.25, -0.2) is 0 Å². The van der Waals surface area contributed by atoms with Crippen LogP contribution in [-0.4, -0.2) is 29.4 Å². The quantitative estimate of drug-likeness (QED) is 0.860. The van der Waals surface area contributed by atoms with Crippen molar-refractivity contribution in [3.8, 4) is 0 Å². The van der Waals surface area contributed by atoms with Gasteiger partial charge in [0.25, 0.3) is 0 Å². The minimum atomic E-state index is -0.0557. The minimum Gasteiger partial charge on any atom is -0.338 e. The van der Waals surface area contributed by atoms with Crippen molar-refractivity contribution < 1.29 is 4.79 Å². The van der Waals surface area contributed by atoms with Crippen molar-refractivity contribution >= 4 is 5.91 Å². The highest BCUT2D eigenvalue weighted by atomic mass is 16.2. The molecule has 0 saturated carbocycles. The summed E-state index contributed by atoms with van der Waals surface area (Å²) < 4.78 is 0. The number of piperidine rings is 1. The van der Waals surface area contributed by atoms with Crippen LogP contribution in [0, 0.1) is 11.8 Å². The first-order chi connectivity index (χ1) is 10.1. The lowest BCUT2D eigenvalue weighted by Crippen LogP contribution is -2.56. The molecule has 1 fully saturated rings. The van der Waals surface area contributed by atoms with E-state index in [0.717, 1.165) is 19.5 Å². The number of carbonyl (C=O) groups excluding carboxylic acids is 1. The number of nitrogens with zero attached hydrogens (tertiary/aromatic N) is 1. The molecular formula is C18H26N2O. The third-order valence-corrected chi connectivity index (χ3v) is 5.26. The summed E-state index contributed by atoms with van der Waals surface area (Å²) in [6.45, 7) is 8.44. The highest BCUT2D eigenvalue weighted by molar-refractivity contribution is 5.83. The fourth-order valence-electron chi connectivity index (χ4n) is 3.84. The van der Waals surface area contributed by atoms with E-state index in [1.54, 1.807) is 0 Å². The van der Waals surface area contributed by atoms with E-state index in [4.69, 9.17) is 0 Å². The summed E-state index contributed by atoms with van der Waals surface area (Å²) >= 11 is 0. The van der Waals surface area contributed by atoms with Gasteiger partial charge in [-0.05, 0) is 42.7 Å². The van der Waals surface area contributed by atoms with Crippen LogP contribution < -0.4 is 5.32 Å². The zero-order valence-electron chi connectivity index (χ0n) is 13.3. The first kappa shape index (κ1) is 14.6. The van der Waals surface area contributed by atoms with Crippen molar-refractivity contribution in [3.63, 3.8) is 0 Å². The number of rotatable bonds is 1. The molecule has 1 aromatic carbocycles. The number of likely N-dealkylation sites (tertiary alicyclic amines) is 1. The van der Waals surface area contributed by atoms with E-state index < -0.39 is 0 Å². The number of hydrogen-bond acceptors (Lipinski definition) is 2. The van der Waals surface area contributed by atoms with Gasteiger partial charge in [0.1, 0.15) is 0 Å². The third-order valence-electron chi connectivity index (χ3n) is 5.26. The zero-order valence-corrected chi connectivity index (χ0v) is 13.3. The lowest BCUT2D eigenvalue weighted by Gasteiger charge is -2.43. The van der Waals surface area contributed by atoms with E-state index >= 15 is 0 Å². The van der Waals surface area contributed by atoms with Gasteiger partial charge < -0.3 is 10.2 Å². The van der Waals surface area contributed by atoms with Crippen molar-refractivity contribution in [3.05, 3.63) is 35.4 Å². The van der Waals surface area contributed by atoms with Crippen LogP contribution in [0.15, 0.2) is 24.3 Å². The van der Waals surface area contributed by atoms with E-state index in [2.05, 4.69) is 55.3 Å². The van der Waals surface area contributed by atoms with Crippen molar-refractivity contribution in [2.75, 3.05) is 6.54 Å². The smallest absolute Gasteiger partial charge is 0.240 e. The molecule has 0 bridgehead atoms. The van der Waals surface area contributed by atoms with Crippen LogP contribution in [0.2, 0.25) is 0 Å². The summed E-state index contributed by atoms with van der Waals surface area (Å²) in [4.78, 5) is 15.0. The van der Waals surface area contributed by atoms with E-state index in [0.29, 0.717) is 17.9 Å². The number of hydrogen-bond donors (Lipinski definition) is 1. The summed E-state index contributed by atoms with van der Waals surface area (Å²) in [6.07, 6.45) is 2.05. The Morgan fingerprint density at radius 3 is 2.67 bits per heavy atom. The number of amides is 1. The molecule has 2 aliphatic rings. The minimum absolute atomic E-state index is 0.0557. The molecule has 3 nitrogen and oxygen atoms in total. The van der Waals surface area contributed by atoms with Crippen molar-refractivity contribution in [2.45, 2.75) is 52.2 Å². The second-order valence-electron chi connectivity index (χ2n) is 6.96. The van der Waals surface area contributed by atoms with Crippen molar-refractivity contribution in [1.29, 1.82) is 0 Å². The molecule has 3 unspecified atom stereocenters. The molecule has 0 spiro atoms. The summed E-state index contributed by atoms with van der Waals surface area (Å²) in [5, 5.41) is 3.43. The zero-order chi connectivity index (χ0) is 15.0. The Morgan fingerprint density at radius 1 is 1.19 bits per heavy atom. The Balaban J connectivity index is 1.74. The Bertz CT molecular complexity index is 528. The number of fused-ring (bicyclic) bond motifs is 1. The molecule has 1 N–H and O–H groups in total. The summed E-state index contributed by atoms with van der Waals surface area (Å²) in [6, 6.07) is 8.74. The van der Waals surface area contributed by atoms with E-state index in [9.17, 15) is 4.79 Å². The first-order valence-electron chi connectivity index (χ1n) is 8.17. The molecule has 2 aliphatic heterocycles. The average Bonchev–Trinajstić information content (AvgIpc) is 2.49. The number of benzene rings is 1. The average molecular weight is 286 g/mol. The highest BCUT2D eigenvalue weighted by Crippen LogP contribution is 2.28. The van der Waals surface area contributed by atoms with Gasteiger partial charge in [0.15, 0.2) is 0 Å². The predicted molar refractivity (Wildman–Crippen MR) is 84.9 cm³/mol. The summed E-state index contributed by atoms with van der Waals surface area (Å²) in [7, 11) is 0. The molecule has 0 radical (unpaired) electrons. The SMILES string of the molecule is CC1CC(C)C(C)N(C(=O)[C@H]2Cc3ccccc3CN2)C1. The molecule has 21 heavy (non-hydrogen) atoms. The largest absolute Gasteiger partial charge is 0.338 e. The standard InChI is InChI=1S/C18H26N2O/c1-12-8-13(2)14(3)20(11-12)18(21)17-9-15-6-4-5-7-16(15)10-19-17/h4-7,12-14,17,19H,8-11H2,1-3H3/t12?,13?,14?,17-/m1/s1. The van der Waals surface area contributed by atoms with E-state index in [1.807, 2.05) is 0 Å². The fourth-order valence-corrected chi connectivity index (χ4v) is 3.84. The Kier molecular flexibility index (Phi) is 4.03. The van der Waals surface area contributed by atoms with Crippen LogP contribution >= 0.6 is 0 Å². The van der Waals surface area contributed by atoms with Crippen LogP contribution in [0.3, 0.4) is 0 Å². The fraction of sp³-hybridized carbons (Fsp3) is 0.611. The van der Waals surface area contributed by atoms with Gasteiger partial charge in [-0.3, -0.25) is 4.79 Å². The van der Waals surface area contributed by atoms with Gasteiger partial charge in [-0.2, -0.15) is 0 Å². The molecule has 114 valence electrons. The molecule has 2 heterocycles. The highest BCUT2D eigenvalue weighted by Gasteiger charge is 2.36. The monoisotopic (exact) mass is 286 g/mol. The van der Waals surface area contributed by atoms with E-state index in [-0.39, 0.29) is 11.9 Å². The molecule has 1 aromatic rings. The molecule has 1 amide bonds. The van der Waals surface area contributed by atoms with Gasteiger partial charge in [-0.15, -0.1) is 0 Å². The Labute approximate surface area is 127 Å². The molecule has 3 heteroatoms. The Morgan fingerprint density at radius 2 is 1.90 bits per heavy atom. The van der Waals surface area contributed by atoms with Crippen molar-refractivity contribution in [2.24, 2.45) is 11.8 Å². The lowest BCUT2D eigenvalue weighted by atomic mass is 9.85. The third kappa shape index (κ3) is 2.84. The van der Waals surface area contributed by atoms with Gasteiger partial charge in [0, 0.05) is 19.1 Å². The molecule has 0 aromatic heterocycles. The van der Waals surface area contributed by atoms with Crippen LogP contribution in [0.1, 0.15) is 38.3 Å². The van der Waals surface area contributed by atoms with Gasteiger partial charge >= 0.3 is 0 Å². The summed E-state index contributed by atoms with van der Waals surface area (Å²) in [5.74, 6) is 1.49. The van der Waals surface area contributed by atoms with Crippen LogP contribution in [0.4, 0.5) is 0 Å². The normalized spacial score (nSPS) is 32.6. The van der Waals surface area contributed by atoms with Gasteiger partial charge in [0.2, 0.25) is 5.91 Å². The van der Waals surface area contributed by atoms with Crippen molar-refractivity contribution in [1.82, 2.24) is 10.2 Å². The molecule has 1 saturated heterocycles. The predicted octanol–water partition coefficient (Wildman–Crippen LogP) is 2.59. The van der Waals surface area contributed by atoms with Gasteiger partial charge in [-0.1, -0.05) is 38.1 Å². The Hall–Kier alpha value is -1.35.